The van der Waals surface area contributed by atoms with Crippen LogP contribution >= 0.6 is 11.6 Å². The minimum atomic E-state index is -0.740. The maximum atomic E-state index is 12.3. The van der Waals surface area contributed by atoms with Gasteiger partial charge in [-0.2, -0.15) is 0 Å². The maximum absolute atomic E-state index is 12.3. The Kier molecular flexibility index (Phi) is 8.33. The molecule has 9 heteroatoms. The average molecular weight is 460 g/mol. The van der Waals surface area contributed by atoms with Gasteiger partial charge in [-0.1, -0.05) is 17.7 Å². The molecule has 3 amide bonds. The van der Waals surface area contributed by atoms with E-state index in [1.54, 1.807) is 48.5 Å². The lowest BCUT2D eigenvalue weighted by molar-refractivity contribution is -0.143. The maximum Gasteiger partial charge on any atom is 0.319 e. The number of carbonyl (C=O) groups is 3. The highest BCUT2D eigenvalue weighted by Crippen LogP contribution is 2.28. The second-order valence-corrected chi connectivity index (χ2v) is 8.04. The van der Waals surface area contributed by atoms with Gasteiger partial charge in [-0.3, -0.25) is 9.59 Å². The number of amides is 3. The summed E-state index contributed by atoms with van der Waals surface area (Å²) in [5.74, 6) is -0.621. The molecule has 0 unspecified atom stereocenters. The highest BCUT2D eigenvalue weighted by molar-refractivity contribution is 6.30. The second kappa shape index (κ2) is 11.4. The van der Waals surface area contributed by atoms with Gasteiger partial charge in [0.05, 0.1) is 12.0 Å². The van der Waals surface area contributed by atoms with Crippen LogP contribution in [-0.2, 0) is 4.79 Å². The van der Waals surface area contributed by atoms with E-state index in [-0.39, 0.29) is 37.0 Å². The number of urea groups is 1. The van der Waals surface area contributed by atoms with Crippen molar-refractivity contribution in [3.63, 3.8) is 0 Å². The zero-order valence-corrected chi connectivity index (χ0v) is 18.2. The van der Waals surface area contributed by atoms with Crippen LogP contribution in [0.15, 0.2) is 48.5 Å². The molecule has 8 nitrogen and oxygen atoms in total. The lowest BCUT2D eigenvalue weighted by Gasteiger charge is -2.26. The van der Waals surface area contributed by atoms with Gasteiger partial charge < -0.3 is 25.8 Å². The van der Waals surface area contributed by atoms with Crippen LogP contribution in [0.2, 0.25) is 5.02 Å². The second-order valence-electron chi connectivity index (χ2n) is 7.60. The van der Waals surface area contributed by atoms with Crippen molar-refractivity contribution < 1.29 is 24.2 Å². The summed E-state index contributed by atoms with van der Waals surface area (Å²) >= 11 is 5.88. The Hall–Kier alpha value is -3.26. The number of anilines is 1. The molecule has 1 aliphatic carbocycles. The quantitative estimate of drug-likeness (QED) is 0.446. The van der Waals surface area contributed by atoms with Gasteiger partial charge in [-0.05, 0) is 68.1 Å². The van der Waals surface area contributed by atoms with Crippen molar-refractivity contribution in [3.8, 4) is 5.75 Å². The molecule has 1 fully saturated rings. The van der Waals surface area contributed by atoms with Crippen LogP contribution in [0.4, 0.5) is 10.5 Å². The highest BCUT2D eigenvalue weighted by atomic mass is 35.5. The predicted octanol–water partition coefficient (Wildman–Crippen LogP) is 3.91. The van der Waals surface area contributed by atoms with Crippen LogP contribution in [0, 0.1) is 5.92 Å². The zero-order chi connectivity index (χ0) is 22.9. The number of carboxylic acid groups (broad SMARTS) is 1. The summed E-state index contributed by atoms with van der Waals surface area (Å²) in [6.07, 6.45) is 2.64. The van der Waals surface area contributed by atoms with E-state index in [1.165, 1.54) is 0 Å². The third-order valence-electron chi connectivity index (χ3n) is 5.22. The van der Waals surface area contributed by atoms with Crippen LogP contribution in [-0.4, -0.2) is 42.2 Å². The van der Waals surface area contributed by atoms with Crippen molar-refractivity contribution in [1.82, 2.24) is 10.6 Å². The third kappa shape index (κ3) is 7.16. The van der Waals surface area contributed by atoms with Crippen LogP contribution in [0.1, 0.15) is 36.0 Å². The Morgan fingerprint density at radius 3 is 2.31 bits per heavy atom. The molecule has 0 spiro atoms. The first-order valence-corrected chi connectivity index (χ1v) is 10.9. The smallest absolute Gasteiger partial charge is 0.319 e. The van der Waals surface area contributed by atoms with Gasteiger partial charge in [-0.25, -0.2) is 4.79 Å². The number of carbonyl (C=O) groups excluding carboxylic acids is 2. The molecule has 1 aliphatic rings. The summed E-state index contributed by atoms with van der Waals surface area (Å²) in [6, 6.07) is 13.2. The largest absolute Gasteiger partial charge is 0.490 e. The first-order valence-electron chi connectivity index (χ1n) is 10.5. The average Bonchev–Trinajstić information content (AvgIpc) is 2.77. The lowest BCUT2D eigenvalue weighted by Crippen LogP contribution is -2.36. The normalized spacial score (nSPS) is 17.8. The van der Waals surface area contributed by atoms with E-state index in [4.69, 9.17) is 21.4 Å². The van der Waals surface area contributed by atoms with Crippen molar-refractivity contribution in [2.45, 2.75) is 31.8 Å². The van der Waals surface area contributed by atoms with Gasteiger partial charge in [0.15, 0.2) is 0 Å². The summed E-state index contributed by atoms with van der Waals surface area (Å²) < 4.78 is 5.91. The van der Waals surface area contributed by atoms with E-state index >= 15 is 0 Å². The van der Waals surface area contributed by atoms with Crippen molar-refractivity contribution in [2.75, 3.05) is 18.4 Å². The summed E-state index contributed by atoms with van der Waals surface area (Å²) in [5, 5.41) is 17.7. The van der Waals surface area contributed by atoms with E-state index in [1.807, 2.05) is 0 Å². The van der Waals surface area contributed by atoms with Gasteiger partial charge in [0.1, 0.15) is 5.75 Å². The van der Waals surface area contributed by atoms with E-state index < -0.39 is 5.97 Å². The number of halogens is 1. The predicted molar refractivity (Wildman–Crippen MR) is 121 cm³/mol. The summed E-state index contributed by atoms with van der Waals surface area (Å²) in [6.45, 7) is 0.533. The van der Waals surface area contributed by atoms with Gasteiger partial charge in [0.2, 0.25) is 0 Å². The van der Waals surface area contributed by atoms with Gasteiger partial charge in [-0.15, -0.1) is 0 Å². The molecule has 0 heterocycles. The number of benzene rings is 2. The molecule has 3 rings (SSSR count). The van der Waals surface area contributed by atoms with Gasteiger partial charge in [0, 0.05) is 29.4 Å². The molecule has 170 valence electrons. The number of hydrogen-bond acceptors (Lipinski definition) is 4. The van der Waals surface area contributed by atoms with E-state index in [9.17, 15) is 14.4 Å². The Bertz CT molecular complexity index is 943. The van der Waals surface area contributed by atoms with Crippen LogP contribution < -0.4 is 20.7 Å². The number of hydrogen-bond donors (Lipinski definition) is 4. The molecule has 0 aliphatic heterocycles. The van der Waals surface area contributed by atoms with Crippen LogP contribution in [0.5, 0.6) is 5.75 Å². The van der Waals surface area contributed by atoms with Crippen LogP contribution in [0.25, 0.3) is 0 Å². The lowest BCUT2D eigenvalue weighted by atomic mass is 9.87. The van der Waals surface area contributed by atoms with E-state index in [2.05, 4.69) is 16.0 Å². The molecule has 0 radical (unpaired) electrons. The minimum Gasteiger partial charge on any atom is -0.490 e. The first kappa shape index (κ1) is 23.4. The molecule has 0 bridgehead atoms. The molecular formula is C23H26ClN3O5. The number of ether oxygens (including phenoxy) is 1. The fourth-order valence-corrected chi connectivity index (χ4v) is 3.69. The Morgan fingerprint density at radius 1 is 0.969 bits per heavy atom. The van der Waals surface area contributed by atoms with Crippen molar-refractivity contribution >= 4 is 35.2 Å². The Balaban J connectivity index is 1.35. The number of nitrogens with one attached hydrogen (secondary N) is 3. The summed E-state index contributed by atoms with van der Waals surface area (Å²) in [7, 11) is 0. The monoisotopic (exact) mass is 459 g/mol. The van der Waals surface area contributed by atoms with Gasteiger partial charge in [0.25, 0.3) is 5.91 Å². The standard InChI is InChI=1S/C23H26ClN3O5/c24-17-2-1-3-18(14-17)27-23(31)26-13-12-25-21(28)15-4-8-19(9-5-15)32-20-10-6-16(7-11-20)22(29)30/h1-5,8-9,14,16,20H,6-7,10-13H2,(H,25,28)(H,29,30)(H2,26,27,31). The Morgan fingerprint density at radius 2 is 1.66 bits per heavy atom. The molecule has 2 aromatic carbocycles. The van der Waals surface area contributed by atoms with Crippen molar-refractivity contribution in [2.24, 2.45) is 5.92 Å². The number of carboxylic acids is 1. The molecular weight excluding hydrogens is 434 g/mol. The van der Waals surface area contributed by atoms with Crippen molar-refractivity contribution in [3.05, 3.63) is 59.1 Å². The van der Waals surface area contributed by atoms with E-state index in [0.717, 1.165) is 0 Å². The molecule has 32 heavy (non-hydrogen) atoms. The topological polar surface area (TPSA) is 117 Å². The third-order valence-corrected chi connectivity index (χ3v) is 5.46. The minimum absolute atomic E-state index is 0.00518. The zero-order valence-electron chi connectivity index (χ0n) is 17.5. The van der Waals surface area contributed by atoms with E-state index in [0.29, 0.717) is 47.7 Å². The molecule has 0 saturated heterocycles. The number of rotatable bonds is 8. The van der Waals surface area contributed by atoms with Gasteiger partial charge >= 0.3 is 12.0 Å². The van der Waals surface area contributed by atoms with Crippen molar-refractivity contribution in [1.29, 1.82) is 0 Å². The highest BCUT2D eigenvalue weighted by Gasteiger charge is 2.26. The fourth-order valence-electron chi connectivity index (χ4n) is 3.50. The molecule has 4 N–H and O–H groups in total. The van der Waals surface area contributed by atoms with Crippen LogP contribution in [0.3, 0.4) is 0 Å². The molecule has 0 atom stereocenters. The fraction of sp³-hybridized carbons (Fsp3) is 0.348. The number of aliphatic carboxylic acids is 1. The summed E-state index contributed by atoms with van der Waals surface area (Å²) in [5.41, 5.74) is 1.06. The SMILES string of the molecule is O=C(NCCNC(=O)c1ccc(OC2CCC(C(=O)O)CC2)cc1)Nc1cccc(Cl)c1. The summed E-state index contributed by atoms with van der Waals surface area (Å²) in [4.78, 5) is 35.2. The molecule has 2 aromatic rings. The molecule has 0 aromatic heterocycles. The molecule has 1 saturated carbocycles. The first-order chi connectivity index (χ1) is 15.4. The Labute approximate surface area is 191 Å².